The summed E-state index contributed by atoms with van der Waals surface area (Å²) in [4.78, 5) is 15.5. The predicted molar refractivity (Wildman–Crippen MR) is 22.0 cm³/mol. The summed E-state index contributed by atoms with van der Waals surface area (Å²) >= 11 is 0. The highest BCUT2D eigenvalue weighted by Crippen LogP contribution is 2.43. The molecule has 0 radical (unpaired) electrons. The van der Waals surface area contributed by atoms with Crippen molar-refractivity contribution < 1.29 is 18.6 Å². The maximum atomic E-state index is 11.4. The van der Waals surface area contributed by atoms with E-state index in [1.54, 1.807) is 0 Å². The molecule has 0 aromatic carbocycles. The maximum Gasteiger partial charge on any atom is 0.311 e. The third-order valence-electron chi connectivity index (χ3n) is 0.351. The number of halogens is 2. The molecule has 0 aromatic heterocycles. The molecule has 0 aliphatic carbocycles. The lowest BCUT2D eigenvalue weighted by Crippen LogP contribution is -2.04. The van der Waals surface area contributed by atoms with E-state index in [9.17, 15) is 8.78 Å². The summed E-state index contributed by atoms with van der Waals surface area (Å²) in [5.41, 5.74) is -3.32. The SMILES string of the molecule is CC(F)(F)P(O)O. The van der Waals surface area contributed by atoms with Crippen LogP contribution >= 0.6 is 8.38 Å². The Morgan fingerprint density at radius 1 is 1.43 bits per heavy atom. The minimum absolute atomic E-state index is 0.457. The summed E-state index contributed by atoms with van der Waals surface area (Å²) in [6.07, 6.45) is 0. The average Bonchev–Trinajstić information content (AvgIpc) is 1.31. The van der Waals surface area contributed by atoms with Gasteiger partial charge in [0.05, 0.1) is 0 Å². The van der Waals surface area contributed by atoms with Crippen molar-refractivity contribution in [1.29, 1.82) is 0 Å². The lowest BCUT2D eigenvalue weighted by Gasteiger charge is -2.08. The number of hydrogen-bond donors (Lipinski definition) is 2. The third-order valence-corrected chi connectivity index (χ3v) is 1.05. The highest BCUT2D eigenvalue weighted by atomic mass is 31.2. The molecule has 0 atom stereocenters. The van der Waals surface area contributed by atoms with E-state index in [1.165, 1.54) is 0 Å². The molecule has 0 aromatic rings. The van der Waals surface area contributed by atoms with Crippen LogP contribution in [0.25, 0.3) is 0 Å². The molecule has 0 aliphatic heterocycles. The fourth-order valence-corrected chi connectivity index (χ4v) is 0. The van der Waals surface area contributed by atoms with Gasteiger partial charge in [-0.2, -0.15) is 8.78 Å². The molecule has 7 heavy (non-hydrogen) atoms. The molecule has 0 heterocycles. The van der Waals surface area contributed by atoms with Gasteiger partial charge in [0.15, 0.2) is 0 Å². The summed E-state index contributed by atoms with van der Waals surface area (Å²) in [5.74, 6) is 0. The quantitative estimate of drug-likeness (QED) is 0.517. The van der Waals surface area contributed by atoms with Gasteiger partial charge in [0.1, 0.15) is 0 Å². The Kier molecular flexibility index (Phi) is 2.05. The topological polar surface area (TPSA) is 40.5 Å². The lowest BCUT2D eigenvalue weighted by molar-refractivity contribution is 0.0963. The first-order valence-electron chi connectivity index (χ1n) is 1.50. The monoisotopic (exact) mass is 130 g/mol. The van der Waals surface area contributed by atoms with Gasteiger partial charge in [0, 0.05) is 6.92 Å². The molecular weight excluding hydrogens is 125 g/mol. The first kappa shape index (κ1) is 7.21. The summed E-state index contributed by atoms with van der Waals surface area (Å²) in [5, 5.41) is 0. The molecule has 0 amide bonds. The van der Waals surface area contributed by atoms with Gasteiger partial charge in [-0.05, 0) is 0 Å². The van der Waals surface area contributed by atoms with E-state index in [4.69, 9.17) is 9.79 Å². The van der Waals surface area contributed by atoms with Gasteiger partial charge in [0.25, 0.3) is 0 Å². The molecule has 0 aliphatic rings. The second-order valence-corrected chi connectivity index (χ2v) is 2.50. The third kappa shape index (κ3) is 2.85. The minimum atomic E-state index is -3.32. The number of hydrogen-bond acceptors (Lipinski definition) is 2. The van der Waals surface area contributed by atoms with E-state index in [-0.39, 0.29) is 0 Å². The van der Waals surface area contributed by atoms with Gasteiger partial charge in [-0.1, -0.05) is 0 Å². The maximum absolute atomic E-state index is 11.4. The van der Waals surface area contributed by atoms with Gasteiger partial charge in [-0.3, -0.25) is 0 Å². The highest BCUT2D eigenvalue weighted by molar-refractivity contribution is 7.46. The zero-order valence-corrected chi connectivity index (χ0v) is 4.49. The molecule has 0 saturated heterocycles. The fourth-order valence-electron chi connectivity index (χ4n) is 0. The molecule has 0 bridgehead atoms. The van der Waals surface area contributed by atoms with Gasteiger partial charge in [-0.25, -0.2) is 0 Å². The van der Waals surface area contributed by atoms with E-state index in [1.807, 2.05) is 0 Å². The van der Waals surface area contributed by atoms with Crippen LogP contribution in [0.5, 0.6) is 0 Å². The van der Waals surface area contributed by atoms with Crippen molar-refractivity contribution in [1.82, 2.24) is 0 Å². The summed E-state index contributed by atoms with van der Waals surface area (Å²) in [6.45, 7) is 0.457. The average molecular weight is 130 g/mol. The Bertz CT molecular complexity index is 59.2. The van der Waals surface area contributed by atoms with Crippen LogP contribution in [-0.2, 0) is 0 Å². The van der Waals surface area contributed by atoms with Crippen LogP contribution in [0.15, 0.2) is 0 Å². The Morgan fingerprint density at radius 2 is 1.57 bits per heavy atom. The zero-order valence-electron chi connectivity index (χ0n) is 3.60. The molecule has 0 rings (SSSR count). The standard InChI is InChI=1S/C2H5F2O2P/c1-2(3,4)7(5)6/h5-6H,1H3. The molecule has 2 N–H and O–H groups in total. The van der Waals surface area contributed by atoms with Crippen molar-refractivity contribution in [2.45, 2.75) is 12.6 Å². The van der Waals surface area contributed by atoms with Gasteiger partial charge in [0.2, 0.25) is 8.38 Å². The van der Waals surface area contributed by atoms with Crippen molar-refractivity contribution in [2.75, 3.05) is 0 Å². The van der Waals surface area contributed by atoms with Crippen LogP contribution < -0.4 is 0 Å². The Labute approximate surface area is 40.7 Å². The molecule has 0 unspecified atom stereocenters. The summed E-state index contributed by atoms with van der Waals surface area (Å²) in [7, 11) is -3.07. The van der Waals surface area contributed by atoms with Crippen LogP contribution in [0.4, 0.5) is 8.78 Å². The molecule has 0 saturated carbocycles. The van der Waals surface area contributed by atoms with Crippen molar-refractivity contribution in [3.63, 3.8) is 0 Å². The second-order valence-electron chi connectivity index (χ2n) is 1.13. The zero-order chi connectivity index (χ0) is 6.08. The number of alkyl halides is 2. The first-order chi connectivity index (χ1) is 2.94. The van der Waals surface area contributed by atoms with Crippen molar-refractivity contribution in [3.8, 4) is 0 Å². The van der Waals surface area contributed by atoms with Gasteiger partial charge >= 0.3 is 5.66 Å². The van der Waals surface area contributed by atoms with Gasteiger partial charge < -0.3 is 9.79 Å². The van der Waals surface area contributed by atoms with Crippen molar-refractivity contribution in [2.24, 2.45) is 0 Å². The summed E-state index contributed by atoms with van der Waals surface area (Å²) < 4.78 is 22.7. The van der Waals surface area contributed by atoms with Crippen molar-refractivity contribution in [3.05, 3.63) is 0 Å². The Morgan fingerprint density at radius 3 is 1.57 bits per heavy atom. The smallest absolute Gasteiger partial charge is 0.311 e. The van der Waals surface area contributed by atoms with E-state index in [0.29, 0.717) is 6.92 Å². The van der Waals surface area contributed by atoms with Crippen LogP contribution in [0.3, 0.4) is 0 Å². The van der Waals surface area contributed by atoms with Gasteiger partial charge in [-0.15, -0.1) is 0 Å². The Balaban J connectivity index is 3.54. The normalized spacial score (nSPS) is 12.9. The second kappa shape index (κ2) is 1.99. The number of rotatable bonds is 1. The molecular formula is C2H5F2O2P. The minimum Gasteiger partial charge on any atom is -0.346 e. The summed E-state index contributed by atoms with van der Waals surface area (Å²) in [6, 6.07) is 0. The van der Waals surface area contributed by atoms with Crippen LogP contribution in [-0.4, -0.2) is 15.5 Å². The lowest BCUT2D eigenvalue weighted by atomic mass is 10.9. The fraction of sp³-hybridized carbons (Fsp3) is 1.00. The predicted octanol–water partition coefficient (Wildman–Crippen LogP) is 0.896. The van der Waals surface area contributed by atoms with Crippen LogP contribution in [0.1, 0.15) is 6.92 Å². The Hall–Kier alpha value is 0.210. The van der Waals surface area contributed by atoms with Crippen molar-refractivity contribution >= 4 is 8.38 Å². The van der Waals surface area contributed by atoms with E-state index in [2.05, 4.69) is 0 Å². The molecule has 2 nitrogen and oxygen atoms in total. The molecule has 5 heteroatoms. The van der Waals surface area contributed by atoms with Crippen LogP contribution in [0.2, 0.25) is 0 Å². The van der Waals surface area contributed by atoms with E-state index >= 15 is 0 Å². The molecule has 44 valence electrons. The molecule has 0 fully saturated rings. The van der Waals surface area contributed by atoms with E-state index in [0.717, 1.165) is 0 Å². The molecule has 0 spiro atoms. The van der Waals surface area contributed by atoms with Crippen LogP contribution in [0, 0.1) is 0 Å². The first-order valence-corrected chi connectivity index (χ1v) is 2.75. The van der Waals surface area contributed by atoms with E-state index < -0.39 is 14.0 Å². The highest BCUT2D eigenvalue weighted by Gasteiger charge is 2.31. The largest absolute Gasteiger partial charge is 0.346 e.